The minimum Gasteiger partial charge on any atom is -0.334 e. The zero-order valence-corrected chi connectivity index (χ0v) is 12.8. The fourth-order valence-electron chi connectivity index (χ4n) is 3.98. The van der Waals surface area contributed by atoms with Crippen molar-refractivity contribution in [2.24, 2.45) is 5.92 Å². The number of hydrogen-bond acceptors (Lipinski definition) is 2. The number of rotatable bonds is 3. The predicted molar refractivity (Wildman–Crippen MR) is 78.9 cm³/mol. The number of carbonyl (C=O) groups is 1. The van der Waals surface area contributed by atoms with Gasteiger partial charge in [-0.1, -0.05) is 19.3 Å². The second-order valence-corrected chi connectivity index (χ2v) is 6.40. The van der Waals surface area contributed by atoms with E-state index in [1.807, 2.05) is 4.90 Å². The molecular weight excluding hydrogens is 288 g/mol. The molecule has 2 fully saturated rings. The normalized spacial score (nSPS) is 25.9. The number of hydrogen-bond donors (Lipinski definition) is 0. The number of aromatic nitrogens is 2. The lowest BCUT2D eigenvalue weighted by molar-refractivity contribution is 0.0547. The molecule has 0 spiro atoms. The van der Waals surface area contributed by atoms with E-state index in [1.165, 1.54) is 25.5 Å². The van der Waals surface area contributed by atoms with Gasteiger partial charge in [-0.25, -0.2) is 8.78 Å². The molecule has 1 saturated heterocycles. The van der Waals surface area contributed by atoms with Crippen molar-refractivity contribution < 1.29 is 13.6 Å². The third-order valence-electron chi connectivity index (χ3n) is 5.00. The van der Waals surface area contributed by atoms with Crippen molar-refractivity contribution in [3.05, 3.63) is 18.0 Å². The fourth-order valence-corrected chi connectivity index (χ4v) is 3.98. The minimum atomic E-state index is -2.50. The zero-order valence-electron chi connectivity index (χ0n) is 12.8. The van der Waals surface area contributed by atoms with Crippen molar-refractivity contribution in [2.75, 3.05) is 6.54 Å². The molecule has 122 valence electrons. The van der Waals surface area contributed by atoms with Crippen LogP contribution in [-0.2, 0) is 6.54 Å². The first kappa shape index (κ1) is 15.4. The molecule has 4 nitrogen and oxygen atoms in total. The summed E-state index contributed by atoms with van der Waals surface area (Å²) in [7, 11) is 0. The molecule has 0 N–H and O–H groups in total. The Labute approximate surface area is 129 Å². The van der Waals surface area contributed by atoms with Crippen LogP contribution in [0.5, 0.6) is 0 Å². The van der Waals surface area contributed by atoms with E-state index in [4.69, 9.17) is 0 Å². The summed E-state index contributed by atoms with van der Waals surface area (Å²) in [5.41, 5.74) is 0.298. The lowest BCUT2D eigenvalue weighted by atomic mass is 9.81. The number of carbonyl (C=O) groups excluding carboxylic acids is 1. The Morgan fingerprint density at radius 3 is 2.73 bits per heavy atom. The Morgan fingerprint density at radius 1 is 1.23 bits per heavy atom. The highest BCUT2D eigenvalue weighted by atomic mass is 19.3. The van der Waals surface area contributed by atoms with E-state index in [0.717, 1.165) is 36.9 Å². The summed E-state index contributed by atoms with van der Waals surface area (Å²) < 4.78 is 26.4. The number of halogens is 2. The second kappa shape index (κ2) is 6.75. The van der Waals surface area contributed by atoms with Crippen LogP contribution in [0.1, 0.15) is 55.4 Å². The maximum absolute atomic E-state index is 12.9. The lowest BCUT2D eigenvalue weighted by Gasteiger charge is -2.38. The highest BCUT2D eigenvalue weighted by Crippen LogP contribution is 2.35. The van der Waals surface area contributed by atoms with Gasteiger partial charge in [0.15, 0.2) is 0 Å². The summed E-state index contributed by atoms with van der Waals surface area (Å²) in [6.45, 7) is 0.218. The average molecular weight is 311 g/mol. The predicted octanol–water partition coefficient (Wildman–Crippen LogP) is 3.33. The van der Waals surface area contributed by atoms with Crippen LogP contribution >= 0.6 is 0 Å². The molecule has 2 atom stereocenters. The molecule has 2 heterocycles. The molecule has 3 rings (SSSR count). The summed E-state index contributed by atoms with van der Waals surface area (Å²) in [5, 5.41) is 3.89. The molecule has 2 aliphatic rings. The Bertz CT molecular complexity index is 517. The third kappa shape index (κ3) is 3.15. The van der Waals surface area contributed by atoms with Gasteiger partial charge in [0.2, 0.25) is 0 Å². The second-order valence-electron chi connectivity index (χ2n) is 6.40. The van der Waals surface area contributed by atoms with E-state index in [1.54, 1.807) is 6.07 Å². The molecule has 0 bridgehead atoms. The first-order valence-corrected chi connectivity index (χ1v) is 8.27. The highest BCUT2D eigenvalue weighted by molar-refractivity contribution is 5.92. The van der Waals surface area contributed by atoms with Gasteiger partial charge in [-0.3, -0.25) is 9.48 Å². The van der Waals surface area contributed by atoms with Crippen LogP contribution in [-0.4, -0.2) is 39.6 Å². The monoisotopic (exact) mass is 311 g/mol. The van der Waals surface area contributed by atoms with Crippen molar-refractivity contribution in [1.29, 1.82) is 0 Å². The maximum atomic E-state index is 12.9. The summed E-state index contributed by atoms with van der Waals surface area (Å²) in [6.07, 6.45) is 6.90. The molecular formula is C16H23F2N3O. The molecule has 0 unspecified atom stereocenters. The Balaban J connectivity index is 1.82. The van der Waals surface area contributed by atoms with Gasteiger partial charge in [-0.2, -0.15) is 5.10 Å². The number of likely N-dealkylation sites (tertiary alicyclic amines) is 1. The summed E-state index contributed by atoms with van der Waals surface area (Å²) in [6, 6.07) is 1.84. The van der Waals surface area contributed by atoms with Gasteiger partial charge in [-0.15, -0.1) is 0 Å². The largest absolute Gasteiger partial charge is 0.334 e. The first-order valence-electron chi connectivity index (χ1n) is 8.27. The summed E-state index contributed by atoms with van der Waals surface area (Å²) in [4.78, 5) is 14.8. The molecule has 1 aromatic heterocycles. The van der Waals surface area contributed by atoms with Crippen molar-refractivity contribution >= 4 is 5.91 Å². The SMILES string of the molecule is O=C(c1ccnn1CC(F)F)N1CCCC[C@H]2CCCC[C@H]21. The van der Waals surface area contributed by atoms with Crippen molar-refractivity contribution in [1.82, 2.24) is 14.7 Å². The molecule has 6 heteroatoms. The lowest BCUT2D eigenvalue weighted by Crippen LogP contribution is -2.45. The van der Waals surface area contributed by atoms with Crippen LogP contribution in [0.2, 0.25) is 0 Å². The first-order chi connectivity index (χ1) is 10.7. The van der Waals surface area contributed by atoms with E-state index in [0.29, 0.717) is 11.6 Å². The van der Waals surface area contributed by atoms with Crippen molar-refractivity contribution in [3.63, 3.8) is 0 Å². The zero-order chi connectivity index (χ0) is 15.5. The van der Waals surface area contributed by atoms with Gasteiger partial charge in [0.05, 0.1) is 0 Å². The van der Waals surface area contributed by atoms with Crippen LogP contribution in [0.3, 0.4) is 0 Å². The number of fused-ring (bicyclic) bond motifs is 1. The number of alkyl halides is 2. The van der Waals surface area contributed by atoms with Gasteiger partial charge in [-0.05, 0) is 37.7 Å². The van der Waals surface area contributed by atoms with E-state index in [9.17, 15) is 13.6 Å². The van der Waals surface area contributed by atoms with E-state index in [2.05, 4.69) is 5.10 Å². The standard InChI is InChI=1S/C16H23F2N3O/c17-15(18)11-21-14(8-9-19-21)16(22)20-10-4-3-6-12-5-1-2-7-13(12)20/h8-9,12-13,15H,1-7,10-11H2/t12-,13-/m1/s1. The Hall–Kier alpha value is -1.46. The van der Waals surface area contributed by atoms with Gasteiger partial charge < -0.3 is 4.90 Å². The quantitative estimate of drug-likeness (QED) is 0.859. The van der Waals surface area contributed by atoms with Gasteiger partial charge >= 0.3 is 0 Å². The van der Waals surface area contributed by atoms with E-state index < -0.39 is 13.0 Å². The third-order valence-corrected chi connectivity index (χ3v) is 5.00. The smallest absolute Gasteiger partial charge is 0.272 e. The van der Waals surface area contributed by atoms with Crippen LogP contribution in [0, 0.1) is 5.92 Å². The van der Waals surface area contributed by atoms with E-state index >= 15 is 0 Å². The van der Waals surface area contributed by atoms with Gasteiger partial charge in [0.25, 0.3) is 12.3 Å². The molecule has 1 amide bonds. The fraction of sp³-hybridized carbons (Fsp3) is 0.750. The maximum Gasteiger partial charge on any atom is 0.272 e. The number of amides is 1. The van der Waals surface area contributed by atoms with Crippen LogP contribution in [0.15, 0.2) is 12.3 Å². The topological polar surface area (TPSA) is 38.1 Å². The molecule has 1 aliphatic carbocycles. The van der Waals surface area contributed by atoms with Crippen LogP contribution < -0.4 is 0 Å². The molecule has 0 radical (unpaired) electrons. The molecule has 1 aliphatic heterocycles. The summed E-state index contributed by atoms with van der Waals surface area (Å²) >= 11 is 0. The van der Waals surface area contributed by atoms with Crippen LogP contribution in [0.4, 0.5) is 8.78 Å². The van der Waals surface area contributed by atoms with Gasteiger partial charge in [0, 0.05) is 18.8 Å². The van der Waals surface area contributed by atoms with Crippen molar-refractivity contribution in [2.45, 2.75) is 64.0 Å². The minimum absolute atomic E-state index is 0.128. The van der Waals surface area contributed by atoms with E-state index in [-0.39, 0.29) is 11.9 Å². The summed E-state index contributed by atoms with van der Waals surface area (Å²) in [5.74, 6) is 0.448. The van der Waals surface area contributed by atoms with Gasteiger partial charge in [0.1, 0.15) is 12.2 Å². The molecule has 1 aromatic rings. The van der Waals surface area contributed by atoms with Crippen molar-refractivity contribution in [3.8, 4) is 0 Å². The molecule has 22 heavy (non-hydrogen) atoms. The Kier molecular flexibility index (Phi) is 4.74. The number of nitrogens with zero attached hydrogens (tertiary/aromatic N) is 3. The molecule has 1 saturated carbocycles. The Morgan fingerprint density at radius 2 is 1.95 bits per heavy atom. The van der Waals surface area contributed by atoms with Crippen LogP contribution in [0.25, 0.3) is 0 Å². The molecule has 0 aromatic carbocycles. The average Bonchev–Trinajstić information content (AvgIpc) is 2.83. The highest BCUT2D eigenvalue weighted by Gasteiger charge is 2.35.